The summed E-state index contributed by atoms with van der Waals surface area (Å²) >= 11 is 3.36. The number of alkyl halides is 1. The van der Waals surface area contributed by atoms with E-state index in [2.05, 4.69) is 21.0 Å². The van der Waals surface area contributed by atoms with E-state index in [1.807, 2.05) is 39.0 Å². The van der Waals surface area contributed by atoms with Crippen molar-refractivity contribution in [2.45, 2.75) is 26.3 Å². The van der Waals surface area contributed by atoms with Gasteiger partial charge in [0.25, 0.3) is 6.09 Å². The lowest BCUT2D eigenvalue weighted by Gasteiger charge is -2.39. The average Bonchev–Trinajstić information content (AvgIpc) is 2.64. The fourth-order valence-corrected chi connectivity index (χ4v) is 2.73. The number of hydrogen-bond acceptors (Lipinski definition) is 3. The Morgan fingerprint density at radius 2 is 2.00 bits per heavy atom. The summed E-state index contributed by atoms with van der Waals surface area (Å²) < 4.78 is -0.510. The Morgan fingerprint density at radius 3 is 2.50 bits per heavy atom. The van der Waals surface area contributed by atoms with E-state index in [1.54, 1.807) is 6.07 Å². The molecule has 4 nitrogen and oxygen atoms in total. The van der Waals surface area contributed by atoms with Gasteiger partial charge in [-0.3, -0.25) is 0 Å². The molecule has 1 amide bonds. The molecule has 1 aromatic carbocycles. The molecule has 0 N–H and O–H groups in total. The second kappa shape index (κ2) is 4.17. The van der Waals surface area contributed by atoms with Crippen molar-refractivity contribution in [1.82, 2.24) is 4.59 Å². The fraction of sp³-hybridized carbons (Fsp3) is 0.385. The molecule has 0 aromatic heterocycles. The van der Waals surface area contributed by atoms with E-state index in [4.69, 9.17) is 0 Å². The minimum atomic E-state index is -1.20. The molecule has 1 unspecified atom stereocenters. The maximum Gasteiger partial charge on any atom is 0.291 e. The van der Waals surface area contributed by atoms with Crippen LogP contribution in [0.5, 0.6) is 0 Å². The van der Waals surface area contributed by atoms with Crippen molar-refractivity contribution in [1.29, 1.82) is 0 Å². The highest BCUT2D eigenvalue weighted by molar-refractivity contribution is 9.09. The van der Waals surface area contributed by atoms with E-state index < -0.39 is 16.2 Å². The molecular weight excluding hydrogens is 296 g/mol. The zero-order valence-electron chi connectivity index (χ0n) is 10.6. The fourth-order valence-electron chi connectivity index (χ4n) is 2.31. The standard InChI is InChI=1S/C13H15BrN2O2/c1-13(2,3)16(12(17)18)11-7-5-4-6-9(11)10(8-14)15-16/h4-7H,8H2,1-3H3. The lowest BCUT2D eigenvalue weighted by Crippen LogP contribution is -2.65. The number of rotatable bonds is 1. The van der Waals surface area contributed by atoms with Crippen LogP contribution in [-0.2, 0) is 0 Å². The van der Waals surface area contributed by atoms with E-state index in [0.717, 1.165) is 11.3 Å². The topological polar surface area (TPSA) is 52.5 Å². The lowest BCUT2D eigenvalue weighted by molar-refractivity contribution is -0.268. The number of hydrogen-bond donors (Lipinski definition) is 0. The van der Waals surface area contributed by atoms with E-state index in [9.17, 15) is 9.90 Å². The number of para-hydroxylation sites is 1. The monoisotopic (exact) mass is 310 g/mol. The summed E-state index contributed by atoms with van der Waals surface area (Å²) in [6.07, 6.45) is -1.20. The second-order valence-electron chi connectivity index (χ2n) is 5.27. The molecule has 1 heterocycles. The van der Waals surface area contributed by atoms with Crippen molar-refractivity contribution >= 4 is 33.4 Å². The van der Waals surface area contributed by atoms with Gasteiger partial charge >= 0.3 is 0 Å². The first-order valence-corrected chi connectivity index (χ1v) is 6.82. The van der Waals surface area contributed by atoms with Crippen LogP contribution in [0.4, 0.5) is 10.5 Å². The summed E-state index contributed by atoms with van der Waals surface area (Å²) in [6.45, 7) is 5.54. The van der Waals surface area contributed by atoms with Crippen LogP contribution in [-0.4, -0.2) is 22.7 Å². The quantitative estimate of drug-likeness (QED) is 0.590. The van der Waals surface area contributed by atoms with Crippen LogP contribution in [0.15, 0.2) is 29.4 Å². The van der Waals surface area contributed by atoms with E-state index in [0.29, 0.717) is 11.0 Å². The van der Waals surface area contributed by atoms with Gasteiger partial charge in [0.1, 0.15) is 11.3 Å². The minimum absolute atomic E-state index is 0.510. The number of nitrogens with zero attached hydrogens (tertiary/aromatic N) is 2. The largest absolute Gasteiger partial charge is 0.496 e. The molecule has 1 aliphatic rings. The molecule has 5 heteroatoms. The summed E-state index contributed by atoms with van der Waals surface area (Å²) in [6, 6.07) is 7.40. The maximum atomic E-state index is 11.7. The Labute approximate surface area is 115 Å². The van der Waals surface area contributed by atoms with Crippen molar-refractivity contribution in [3.05, 3.63) is 29.8 Å². The summed E-state index contributed by atoms with van der Waals surface area (Å²) in [4.78, 5) is 11.7. The Kier molecular flexibility index (Phi) is 3.07. The number of halogens is 1. The van der Waals surface area contributed by atoms with Gasteiger partial charge in [-0.05, 0) is 26.8 Å². The number of benzene rings is 1. The van der Waals surface area contributed by atoms with Crippen LogP contribution in [0.1, 0.15) is 26.3 Å². The molecule has 1 aliphatic heterocycles. The summed E-state index contributed by atoms with van der Waals surface area (Å²) in [5, 5.41) is 16.7. The van der Waals surface area contributed by atoms with Crippen LogP contribution in [0.2, 0.25) is 0 Å². The molecule has 0 spiro atoms. The van der Waals surface area contributed by atoms with Crippen LogP contribution in [0.25, 0.3) is 0 Å². The first-order valence-electron chi connectivity index (χ1n) is 5.70. The third kappa shape index (κ3) is 1.61. The lowest BCUT2D eigenvalue weighted by atomic mass is 10.0. The highest BCUT2D eigenvalue weighted by Gasteiger charge is 2.51. The molecule has 96 valence electrons. The van der Waals surface area contributed by atoms with Crippen molar-refractivity contribution in [2.24, 2.45) is 5.10 Å². The molecule has 0 bridgehead atoms. The zero-order valence-corrected chi connectivity index (χ0v) is 12.2. The van der Waals surface area contributed by atoms with Crippen molar-refractivity contribution < 1.29 is 9.90 Å². The van der Waals surface area contributed by atoms with Gasteiger partial charge in [-0.2, -0.15) is 0 Å². The van der Waals surface area contributed by atoms with Crippen LogP contribution in [0.3, 0.4) is 0 Å². The van der Waals surface area contributed by atoms with Gasteiger partial charge in [0.15, 0.2) is 5.69 Å². The van der Waals surface area contributed by atoms with Crippen molar-refractivity contribution in [3.8, 4) is 0 Å². The smallest absolute Gasteiger partial charge is 0.291 e. The third-order valence-electron chi connectivity index (χ3n) is 3.20. The number of carbonyl (C=O) groups is 1. The van der Waals surface area contributed by atoms with E-state index in [-0.39, 0.29) is 0 Å². The van der Waals surface area contributed by atoms with Crippen LogP contribution >= 0.6 is 15.9 Å². The van der Waals surface area contributed by atoms with Gasteiger partial charge in [0.2, 0.25) is 0 Å². The van der Waals surface area contributed by atoms with Crippen molar-refractivity contribution in [3.63, 3.8) is 0 Å². The maximum absolute atomic E-state index is 11.7. The molecule has 0 fully saturated rings. The number of amides is 1. The highest BCUT2D eigenvalue weighted by atomic mass is 79.9. The number of carbonyl (C=O) groups excluding carboxylic acids is 1. The SMILES string of the molecule is CC(C)(C)[N+]1(C(=O)[O-])N=C(CBr)c2ccccc21. The zero-order chi connectivity index (χ0) is 13.6. The van der Waals surface area contributed by atoms with Gasteiger partial charge in [0, 0.05) is 6.07 Å². The average molecular weight is 311 g/mol. The Balaban J connectivity index is 2.78. The Morgan fingerprint density at radius 1 is 1.39 bits per heavy atom. The molecule has 1 aromatic rings. The molecule has 2 rings (SSSR count). The van der Waals surface area contributed by atoms with Gasteiger partial charge in [-0.15, -0.1) is 4.59 Å². The van der Waals surface area contributed by atoms with Gasteiger partial charge in [-0.1, -0.05) is 33.2 Å². The summed E-state index contributed by atoms with van der Waals surface area (Å²) in [7, 11) is 0. The molecule has 0 aliphatic carbocycles. The molecule has 18 heavy (non-hydrogen) atoms. The van der Waals surface area contributed by atoms with Gasteiger partial charge in [-0.25, -0.2) is 0 Å². The number of quaternary nitrogens is 1. The highest BCUT2D eigenvalue weighted by Crippen LogP contribution is 2.41. The third-order valence-corrected chi connectivity index (χ3v) is 3.73. The summed E-state index contributed by atoms with van der Waals surface area (Å²) in [5.74, 6) is 0. The van der Waals surface area contributed by atoms with Crippen molar-refractivity contribution in [2.75, 3.05) is 5.33 Å². The van der Waals surface area contributed by atoms with Gasteiger partial charge in [0.05, 0.1) is 10.9 Å². The number of fused-ring (bicyclic) bond motifs is 1. The predicted octanol–water partition coefficient (Wildman–Crippen LogP) is 2.25. The number of carboxylic acid groups (broad SMARTS) is 1. The molecule has 0 radical (unpaired) electrons. The molecule has 0 saturated heterocycles. The molecule has 1 atom stereocenters. The first kappa shape index (κ1) is 13.2. The Hall–Kier alpha value is -1.20. The Bertz CT molecular complexity index is 534. The van der Waals surface area contributed by atoms with E-state index >= 15 is 0 Å². The predicted molar refractivity (Wildman–Crippen MR) is 73.7 cm³/mol. The molecular formula is C13H15BrN2O2. The summed E-state index contributed by atoms with van der Waals surface area (Å²) in [5.41, 5.74) is 1.66. The van der Waals surface area contributed by atoms with E-state index in [1.165, 1.54) is 0 Å². The van der Waals surface area contributed by atoms with Gasteiger partial charge < -0.3 is 9.90 Å². The van der Waals surface area contributed by atoms with Crippen LogP contribution in [0, 0.1) is 0 Å². The first-order chi connectivity index (χ1) is 8.34. The molecule has 0 saturated carbocycles. The second-order valence-corrected chi connectivity index (χ2v) is 5.83. The van der Waals surface area contributed by atoms with Crippen LogP contribution < -0.4 is 9.70 Å². The normalized spacial score (nSPS) is 22.6. The minimum Gasteiger partial charge on any atom is -0.496 e.